The van der Waals surface area contributed by atoms with Gasteiger partial charge in [-0.1, -0.05) is 239 Å². The lowest BCUT2D eigenvalue weighted by molar-refractivity contribution is 0.572. The van der Waals surface area contributed by atoms with E-state index in [1.807, 2.05) is 0 Å². The molecule has 0 spiro atoms. The van der Waals surface area contributed by atoms with Gasteiger partial charge in [0.05, 0.1) is 22.7 Å². The number of fused-ring (bicyclic) bond motifs is 6. The summed E-state index contributed by atoms with van der Waals surface area (Å²) < 4.78 is 14.7. The standard InChI is InChI=1S/C80H72N2O2/c1-47(2)65-45-69(81(55-35-31-53(32-36-55)51-21-15-13-16-22-51)73-49(5)29-39-61-59-25-19-27-67(79(7,8)9)75(59)83-77(61)73)63-44-42-58-66(48(3)4)46-70(64-43-41-57(65)71(63)72(58)64)82(56-37-33-54(34-38-56)52-23-17-14-18-24-52)74-50(6)30-40-62-60-26-20-28-68(80(10,11)12)76(60)84-78(62)74/h13-48H,1-12H3. The maximum absolute atomic E-state index is 7.37. The monoisotopic (exact) mass is 1090 g/mol. The number of furan rings is 2. The Morgan fingerprint density at radius 3 is 1.01 bits per heavy atom. The summed E-state index contributed by atoms with van der Waals surface area (Å²) in [5.41, 5.74) is 21.8. The van der Waals surface area contributed by atoms with Crippen molar-refractivity contribution in [1.82, 2.24) is 0 Å². The van der Waals surface area contributed by atoms with Crippen LogP contribution in [0.15, 0.2) is 215 Å². The molecule has 0 bridgehead atoms. The highest BCUT2D eigenvalue weighted by molar-refractivity contribution is 6.30. The van der Waals surface area contributed by atoms with E-state index in [9.17, 15) is 0 Å². The predicted molar refractivity (Wildman–Crippen MR) is 360 cm³/mol. The Balaban J connectivity index is 1.09. The lowest BCUT2D eigenvalue weighted by Crippen LogP contribution is -2.14. The number of hydrogen-bond acceptors (Lipinski definition) is 4. The zero-order valence-corrected chi connectivity index (χ0v) is 50.5. The van der Waals surface area contributed by atoms with Gasteiger partial charge in [-0.15, -0.1) is 0 Å². The molecular formula is C80H72N2O2. The van der Waals surface area contributed by atoms with Crippen LogP contribution in [0.25, 0.3) is 98.4 Å². The summed E-state index contributed by atoms with van der Waals surface area (Å²) in [4.78, 5) is 5.04. The fourth-order valence-electron chi connectivity index (χ4n) is 13.6. The molecular weight excluding hydrogens is 1020 g/mol. The van der Waals surface area contributed by atoms with E-state index in [4.69, 9.17) is 8.83 Å². The van der Waals surface area contributed by atoms with Gasteiger partial charge in [-0.25, -0.2) is 0 Å². The maximum Gasteiger partial charge on any atom is 0.159 e. The summed E-state index contributed by atoms with van der Waals surface area (Å²) in [6.07, 6.45) is 0. The van der Waals surface area contributed by atoms with Crippen LogP contribution < -0.4 is 9.80 Å². The van der Waals surface area contributed by atoms with Gasteiger partial charge in [0.15, 0.2) is 11.2 Å². The van der Waals surface area contributed by atoms with Gasteiger partial charge in [0.2, 0.25) is 0 Å². The van der Waals surface area contributed by atoms with E-state index in [2.05, 4.69) is 299 Å². The molecule has 0 amide bonds. The highest BCUT2D eigenvalue weighted by Gasteiger charge is 2.32. The molecule has 0 saturated carbocycles. The van der Waals surface area contributed by atoms with Crippen LogP contribution in [-0.4, -0.2) is 0 Å². The van der Waals surface area contributed by atoms with Crippen molar-refractivity contribution in [3.8, 4) is 22.3 Å². The first-order valence-electron chi connectivity index (χ1n) is 30.0. The van der Waals surface area contributed by atoms with Crippen LogP contribution in [0.1, 0.15) is 114 Å². The third-order valence-electron chi connectivity index (χ3n) is 17.9. The van der Waals surface area contributed by atoms with Gasteiger partial charge in [0.1, 0.15) is 11.2 Å². The molecule has 84 heavy (non-hydrogen) atoms. The third kappa shape index (κ3) is 8.47. The molecule has 0 radical (unpaired) electrons. The Kier molecular flexibility index (Phi) is 12.5. The van der Waals surface area contributed by atoms with Gasteiger partial charge in [0, 0.05) is 54.8 Å². The van der Waals surface area contributed by atoms with Crippen LogP contribution in [0.2, 0.25) is 0 Å². The largest absolute Gasteiger partial charge is 0.454 e. The molecule has 12 aromatic carbocycles. The summed E-state index contributed by atoms with van der Waals surface area (Å²) in [5, 5.41) is 11.9. The minimum Gasteiger partial charge on any atom is -0.454 e. The number of para-hydroxylation sites is 2. The smallest absolute Gasteiger partial charge is 0.159 e. The first-order valence-corrected chi connectivity index (χ1v) is 30.0. The highest BCUT2D eigenvalue weighted by Crippen LogP contribution is 2.55. The number of aryl methyl sites for hydroxylation is 2. The second kappa shape index (κ2) is 19.8. The molecule has 2 heterocycles. The second-order valence-electron chi connectivity index (χ2n) is 26.1. The van der Waals surface area contributed by atoms with Crippen molar-refractivity contribution in [3.63, 3.8) is 0 Å². The van der Waals surface area contributed by atoms with Crippen LogP contribution in [-0.2, 0) is 10.8 Å². The topological polar surface area (TPSA) is 32.8 Å². The lowest BCUT2D eigenvalue weighted by Gasteiger charge is -2.32. The fraction of sp³-hybridized carbons (Fsp3) is 0.200. The van der Waals surface area contributed by atoms with Crippen molar-refractivity contribution in [3.05, 3.63) is 240 Å². The van der Waals surface area contributed by atoms with Gasteiger partial charge >= 0.3 is 0 Å². The molecule has 0 aliphatic carbocycles. The summed E-state index contributed by atoms with van der Waals surface area (Å²) in [5.74, 6) is 0.395. The molecule has 14 rings (SSSR count). The molecule has 4 nitrogen and oxygen atoms in total. The summed E-state index contributed by atoms with van der Waals surface area (Å²) in [6, 6.07) is 76.8. The first kappa shape index (κ1) is 52.9. The highest BCUT2D eigenvalue weighted by atomic mass is 16.3. The van der Waals surface area contributed by atoms with Crippen molar-refractivity contribution in [2.24, 2.45) is 0 Å². The van der Waals surface area contributed by atoms with Crippen molar-refractivity contribution in [2.75, 3.05) is 9.80 Å². The molecule has 4 heteroatoms. The van der Waals surface area contributed by atoms with E-state index in [0.29, 0.717) is 0 Å². The zero-order chi connectivity index (χ0) is 58.1. The Morgan fingerprint density at radius 2 is 0.655 bits per heavy atom. The molecule has 0 N–H and O–H groups in total. The molecule has 0 aliphatic heterocycles. The summed E-state index contributed by atoms with van der Waals surface area (Å²) in [7, 11) is 0. The average molecular weight is 1090 g/mol. The predicted octanol–water partition coefficient (Wildman–Crippen LogP) is 24.1. The van der Waals surface area contributed by atoms with Crippen molar-refractivity contribution in [2.45, 2.75) is 106 Å². The van der Waals surface area contributed by atoms with Crippen LogP contribution >= 0.6 is 0 Å². The zero-order valence-electron chi connectivity index (χ0n) is 50.5. The van der Waals surface area contributed by atoms with Gasteiger partial charge in [-0.3, -0.25) is 0 Å². The average Bonchev–Trinajstić information content (AvgIpc) is 3.80. The Labute approximate surface area is 493 Å². The van der Waals surface area contributed by atoms with Gasteiger partial charge in [-0.2, -0.15) is 0 Å². The Hall–Kier alpha value is -9.12. The molecule has 0 atom stereocenters. The first-order chi connectivity index (χ1) is 40.4. The number of nitrogens with zero attached hydrogens (tertiary/aromatic N) is 2. The summed E-state index contributed by atoms with van der Waals surface area (Å²) in [6.45, 7) is 27.5. The maximum atomic E-state index is 7.37. The molecule has 0 fully saturated rings. The van der Waals surface area contributed by atoms with E-state index in [-0.39, 0.29) is 22.7 Å². The number of rotatable bonds is 10. The van der Waals surface area contributed by atoms with Crippen LogP contribution in [0, 0.1) is 13.8 Å². The van der Waals surface area contributed by atoms with E-state index in [1.54, 1.807) is 0 Å². The third-order valence-corrected chi connectivity index (χ3v) is 17.9. The minimum absolute atomic E-state index is 0.129. The lowest BCUT2D eigenvalue weighted by atomic mass is 9.84. The molecule has 0 unspecified atom stereocenters. The SMILES string of the molecule is Cc1ccc2c(oc3c(C(C)(C)C)cccc32)c1N(c1ccc(-c2ccccc2)cc1)c1cc(C(C)C)c2ccc3c(N(c4ccc(-c5ccccc5)cc4)c4c(C)ccc5c4oc4c(C(C)(C)C)cccc45)cc(C(C)C)c4ccc1c2c43. The van der Waals surface area contributed by atoms with E-state index >= 15 is 0 Å². The number of anilines is 6. The number of hydrogen-bond donors (Lipinski definition) is 0. The normalized spacial score (nSPS) is 12.5. The molecule has 0 aliphatic rings. The van der Waals surface area contributed by atoms with E-state index < -0.39 is 0 Å². The summed E-state index contributed by atoms with van der Waals surface area (Å²) >= 11 is 0. The van der Waals surface area contributed by atoms with Gasteiger partial charge in [-0.05, 0) is 139 Å². The van der Waals surface area contributed by atoms with Crippen LogP contribution in [0.4, 0.5) is 34.1 Å². The molecule has 2 aromatic heterocycles. The molecule has 0 saturated heterocycles. The van der Waals surface area contributed by atoms with E-state index in [0.717, 1.165) is 89.1 Å². The van der Waals surface area contributed by atoms with Crippen molar-refractivity contribution >= 4 is 110 Å². The molecule has 414 valence electrons. The van der Waals surface area contributed by atoms with Crippen molar-refractivity contribution < 1.29 is 8.83 Å². The van der Waals surface area contributed by atoms with Gasteiger partial charge in [0.25, 0.3) is 0 Å². The quantitative estimate of drug-likeness (QED) is 0.128. The minimum atomic E-state index is -0.129. The second-order valence-corrected chi connectivity index (χ2v) is 26.1. The van der Waals surface area contributed by atoms with Crippen LogP contribution in [0.3, 0.4) is 0 Å². The van der Waals surface area contributed by atoms with Crippen molar-refractivity contribution in [1.29, 1.82) is 0 Å². The van der Waals surface area contributed by atoms with E-state index in [1.165, 1.54) is 76.8 Å². The van der Waals surface area contributed by atoms with Crippen LogP contribution in [0.5, 0.6) is 0 Å². The number of benzene rings is 12. The fourth-order valence-corrected chi connectivity index (χ4v) is 13.6. The van der Waals surface area contributed by atoms with Gasteiger partial charge < -0.3 is 18.6 Å². The Bertz CT molecular complexity index is 4540. The Morgan fingerprint density at radius 1 is 0.321 bits per heavy atom. The molecule has 14 aromatic rings.